The molecule has 2 N–H and O–H groups in total. The zero-order valence-electron chi connectivity index (χ0n) is 10.7. The monoisotopic (exact) mass is 295 g/mol. The Labute approximate surface area is 113 Å². The van der Waals surface area contributed by atoms with Gasteiger partial charge in [-0.05, 0) is 48.8 Å². The van der Waals surface area contributed by atoms with E-state index in [2.05, 4.69) is 48.0 Å². The number of halogens is 1. The van der Waals surface area contributed by atoms with Crippen LogP contribution in [0.15, 0.2) is 22.7 Å². The van der Waals surface area contributed by atoms with Crippen molar-refractivity contribution in [2.45, 2.75) is 45.6 Å². The standard InChI is InChI=1S/C15H22BrN/c1-10-4-3-5-12(8-10)15(17)13-7-6-11(2)14(16)9-13/h6-7,9-10,12,15H,3-5,8,17H2,1-2H3. The Morgan fingerprint density at radius 2 is 2.12 bits per heavy atom. The molecule has 0 aliphatic heterocycles. The SMILES string of the molecule is Cc1ccc(C(N)C2CCCC(C)C2)cc1Br. The first-order valence-electron chi connectivity index (χ1n) is 6.59. The van der Waals surface area contributed by atoms with Gasteiger partial charge in [-0.1, -0.05) is 47.8 Å². The molecule has 0 bridgehead atoms. The van der Waals surface area contributed by atoms with Gasteiger partial charge in [-0.25, -0.2) is 0 Å². The van der Waals surface area contributed by atoms with Crippen LogP contribution >= 0.6 is 15.9 Å². The summed E-state index contributed by atoms with van der Waals surface area (Å²) in [6.45, 7) is 4.46. The van der Waals surface area contributed by atoms with E-state index >= 15 is 0 Å². The van der Waals surface area contributed by atoms with Gasteiger partial charge in [-0.3, -0.25) is 0 Å². The van der Waals surface area contributed by atoms with Crippen molar-refractivity contribution in [3.63, 3.8) is 0 Å². The smallest absolute Gasteiger partial charge is 0.0324 e. The fraction of sp³-hybridized carbons (Fsp3) is 0.600. The van der Waals surface area contributed by atoms with Gasteiger partial charge in [0.2, 0.25) is 0 Å². The summed E-state index contributed by atoms with van der Waals surface area (Å²) in [5.74, 6) is 1.50. The molecule has 0 amide bonds. The number of aryl methyl sites for hydroxylation is 1. The summed E-state index contributed by atoms with van der Waals surface area (Å²) in [6.07, 6.45) is 5.29. The molecular formula is C15H22BrN. The molecule has 1 aliphatic carbocycles. The molecule has 3 unspecified atom stereocenters. The van der Waals surface area contributed by atoms with Crippen molar-refractivity contribution in [1.82, 2.24) is 0 Å². The molecule has 0 radical (unpaired) electrons. The summed E-state index contributed by atoms with van der Waals surface area (Å²) < 4.78 is 1.18. The van der Waals surface area contributed by atoms with E-state index in [1.54, 1.807) is 0 Å². The van der Waals surface area contributed by atoms with E-state index in [9.17, 15) is 0 Å². The lowest BCUT2D eigenvalue weighted by atomic mass is 9.77. The van der Waals surface area contributed by atoms with Crippen LogP contribution in [-0.4, -0.2) is 0 Å². The minimum absolute atomic E-state index is 0.203. The second-order valence-corrected chi connectivity index (χ2v) is 6.42. The predicted molar refractivity (Wildman–Crippen MR) is 76.9 cm³/mol. The average molecular weight is 296 g/mol. The van der Waals surface area contributed by atoms with E-state index in [0.717, 1.165) is 5.92 Å². The Bertz CT molecular complexity index is 389. The molecule has 1 aromatic carbocycles. The molecule has 1 saturated carbocycles. The molecule has 2 rings (SSSR count). The number of hydrogen-bond donors (Lipinski definition) is 1. The fourth-order valence-electron chi connectivity index (χ4n) is 2.90. The minimum atomic E-state index is 0.203. The maximum absolute atomic E-state index is 6.43. The summed E-state index contributed by atoms with van der Waals surface area (Å²) in [4.78, 5) is 0. The van der Waals surface area contributed by atoms with Crippen molar-refractivity contribution in [2.75, 3.05) is 0 Å². The third-order valence-corrected chi connectivity index (χ3v) is 4.92. The number of nitrogens with two attached hydrogens (primary N) is 1. The number of hydrogen-bond acceptors (Lipinski definition) is 1. The number of rotatable bonds is 2. The van der Waals surface area contributed by atoms with Gasteiger partial charge in [-0.2, -0.15) is 0 Å². The molecule has 0 aromatic heterocycles. The van der Waals surface area contributed by atoms with Crippen LogP contribution in [0, 0.1) is 18.8 Å². The van der Waals surface area contributed by atoms with Gasteiger partial charge >= 0.3 is 0 Å². The molecule has 1 nitrogen and oxygen atoms in total. The van der Waals surface area contributed by atoms with Crippen LogP contribution in [0.1, 0.15) is 49.8 Å². The van der Waals surface area contributed by atoms with E-state index in [0.29, 0.717) is 5.92 Å². The highest BCUT2D eigenvalue weighted by molar-refractivity contribution is 9.10. The maximum Gasteiger partial charge on any atom is 0.0324 e. The number of benzene rings is 1. The Balaban J connectivity index is 2.12. The topological polar surface area (TPSA) is 26.0 Å². The normalized spacial score (nSPS) is 26.8. The molecule has 94 valence electrons. The summed E-state index contributed by atoms with van der Waals surface area (Å²) in [6, 6.07) is 6.74. The largest absolute Gasteiger partial charge is 0.324 e. The van der Waals surface area contributed by atoms with Crippen molar-refractivity contribution in [2.24, 2.45) is 17.6 Å². The average Bonchev–Trinajstić information content (AvgIpc) is 2.32. The Morgan fingerprint density at radius 3 is 2.76 bits per heavy atom. The highest BCUT2D eigenvalue weighted by atomic mass is 79.9. The first-order chi connectivity index (χ1) is 8.08. The van der Waals surface area contributed by atoms with Crippen LogP contribution in [0.2, 0.25) is 0 Å². The lowest BCUT2D eigenvalue weighted by Crippen LogP contribution is -2.26. The second kappa shape index (κ2) is 5.53. The summed E-state index contributed by atoms with van der Waals surface area (Å²) in [7, 11) is 0. The van der Waals surface area contributed by atoms with Crippen LogP contribution in [-0.2, 0) is 0 Å². The Kier molecular flexibility index (Phi) is 4.26. The highest BCUT2D eigenvalue weighted by Crippen LogP contribution is 2.36. The summed E-state index contributed by atoms with van der Waals surface area (Å²) in [5, 5.41) is 0. The molecule has 0 heterocycles. The third kappa shape index (κ3) is 3.11. The first kappa shape index (κ1) is 13.1. The van der Waals surface area contributed by atoms with Crippen LogP contribution in [0.5, 0.6) is 0 Å². The minimum Gasteiger partial charge on any atom is -0.324 e. The molecule has 2 heteroatoms. The molecule has 0 saturated heterocycles. The van der Waals surface area contributed by atoms with Crippen molar-refractivity contribution >= 4 is 15.9 Å². The quantitative estimate of drug-likeness (QED) is 0.849. The lowest BCUT2D eigenvalue weighted by molar-refractivity contribution is 0.248. The lowest BCUT2D eigenvalue weighted by Gasteiger charge is -2.31. The molecule has 1 fully saturated rings. The predicted octanol–water partition coefficient (Wildman–Crippen LogP) is 4.58. The van der Waals surface area contributed by atoms with Gasteiger partial charge in [-0.15, -0.1) is 0 Å². The van der Waals surface area contributed by atoms with Crippen molar-refractivity contribution in [1.29, 1.82) is 0 Å². The van der Waals surface area contributed by atoms with Crippen LogP contribution in [0.4, 0.5) is 0 Å². The molecule has 1 aliphatic rings. The zero-order chi connectivity index (χ0) is 12.4. The van der Waals surface area contributed by atoms with E-state index in [1.807, 2.05) is 0 Å². The van der Waals surface area contributed by atoms with E-state index in [-0.39, 0.29) is 6.04 Å². The second-order valence-electron chi connectivity index (χ2n) is 5.57. The third-order valence-electron chi connectivity index (χ3n) is 4.07. The van der Waals surface area contributed by atoms with Crippen molar-refractivity contribution in [3.8, 4) is 0 Å². The van der Waals surface area contributed by atoms with Gasteiger partial charge < -0.3 is 5.73 Å². The molecule has 1 aromatic rings. The van der Waals surface area contributed by atoms with E-state index in [4.69, 9.17) is 5.73 Å². The van der Waals surface area contributed by atoms with Gasteiger partial charge in [0, 0.05) is 10.5 Å². The summed E-state index contributed by atoms with van der Waals surface area (Å²) in [5.41, 5.74) is 8.99. The van der Waals surface area contributed by atoms with Gasteiger partial charge in [0.1, 0.15) is 0 Å². The molecule has 3 atom stereocenters. The van der Waals surface area contributed by atoms with Gasteiger partial charge in [0.05, 0.1) is 0 Å². The molecular weight excluding hydrogens is 274 g/mol. The van der Waals surface area contributed by atoms with Crippen LogP contribution < -0.4 is 5.73 Å². The molecule has 0 spiro atoms. The Morgan fingerprint density at radius 1 is 1.35 bits per heavy atom. The van der Waals surface area contributed by atoms with Gasteiger partial charge in [0.25, 0.3) is 0 Å². The summed E-state index contributed by atoms with van der Waals surface area (Å²) >= 11 is 3.59. The van der Waals surface area contributed by atoms with E-state index in [1.165, 1.54) is 41.3 Å². The van der Waals surface area contributed by atoms with Crippen LogP contribution in [0.25, 0.3) is 0 Å². The van der Waals surface area contributed by atoms with E-state index < -0.39 is 0 Å². The van der Waals surface area contributed by atoms with Gasteiger partial charge in [0.15, 0.2) is 0 Å². The molecule has 17 heavy (non-hydrogen) atoms. The highest BCUT2D eigenvalue weighted by Gasteiger charge is 2.25. The first-order valence-corrected chi connectivity index (χ1v) is 7.39. The van der Waals surface area contributed by atoms with Crippen LogP contribution in [0.3, 0.4) is 0 Å². The van der Waals surface area contributed by atoms with Crippen molar-refractivity contribution in [3.05, 3.63) is 33.8 Å². The Hall–Kier alpha value is -0.340. The fourth-order valence-corrected chi connectivity index (χ4v) is 3.29. The van der Waals surface area contributed by atoms with Crippen molar-refractivity contribution < 1.29 is 0 Å². The zero-order valence-corrected chi connectivity index (χ0v) is 12.3. The maximum atomic E-state index is 6.43.